The van der Waals surface area contributed by atoms with Gasteiger partial charge < -0.3 is 9.29 Å². The lowest BCUT2D eigenvalue weighted by Gasteiger charge is -2.23. The maximum absolute atomic E-state index is 11.8. The van der Waals surface area contributed by atoms with E-state index in [2.05, 4.69) is 6.58 Å². The van der Waals surface area contributed by atoms with Gasteiger partial charge in [0.05, 0.1) is 0 Å². The molecule has 0 aliphatic heterocycles. The summed E-state index contributed by atoms with van der Waals surface area (Å²) in [5, 5.41) is 0. The van der Waals surface area contributed by atoms with Crippen LogP contribution in [0, 0.1) is 0 Å². The van der Waals surface area contributed by atoms with Gasteiger partial charge >= 0.3 is 5.97 Å². The van der Waals surface area contributed by atoms with Crippen molar-refractivity contribution in [1.82, 2.24) is 0 Å². The zero-order chi connectivity index (χ0) is 12.7. The smallest absolute Gasteiger partial charge is 0.324 e. The fourth-order valence-corrected chi connectivity index (χ4v) is 1.78. The quantitative estimate of drug-likeness (QED) is 0.480. The van der Waals surface area contributed by atoms with Crippen LogP contribution in [0.4, 0.5) is 0 Å². The molecule has 0 spiro atoms. The van der Waals surface area contributed by atoms with Gasteiger partial charge in [0.25, 0.3) is 0 Å². The van der Waals surface area contributed by atoms with E-state index in [1.54, 1.807) is 6.92 Å². The largest absolute Gasteiger partial charge is 0.460 e. The number of hydrogen-bond acceptors (Lipinski definition) is 4. The molecule has 0 aromatic heterocycles. The van der Waals surface area contributed by atoms with Crippen molar-refractivity contribution in [3.63, 3.8) is 0 Å². The lowest BCUT2D eigenvalue weighted by Crippen LogP contribution is -2.35. The first kappa shape index (κ1) is 13.8. The van der Waals surface area contributed by atoms with Crippen LogP contribution in [0.15, 0.2) is 43.0 Å². The van der Waals surface area contributed by atoms with E-state index in [1.807, 2.05) is 30.3 Å². The van der Waals surface area contributed by atoms with Crippen molar-refractivity contribution in [3.8, 4) is 0 Å². The minimum atomic E-state index is -0.982. The molecule has 92 valence electrons. The monoisotopic (exact) mass is 252 g/mol. The number of ether oxygens (including phenoxy) is 1. The topological polar surface area (TPSA) is 46.5 Å². The molecule has 0 heterocycles. The highest BCUT2D eigenvalue weighted by Gasteiger charge is 2.36. The van der Waals surface area contributed by atoms with Crippen LogP contribution >= 0.6 is 12.0 Å². The number of benzene rings is 1. The van der Waals surface area contributed by atoms with Gasteiger partial charge in [-0.1, -0.05) is 43.0 Å². The SMILES string of the molecule is C=CCOC(=O)C(C)(Cc1ccccc1)SO. The summed E-state index contributed by atoms with van der Waals surface area (Å²) in [6, 6.07) is 9.52. The van der Waals surface area contributed by atoms with Crippen LogP contribution in [0.25, 0.3) is 0 Å². The highest BCUT2D eigenvalue weighted by Crippen LogP contribution is 2.28. The van der Waals surface area contributed by atoms with Crippen molar-refractivity contribution in [1.29, 1.82) is 0 Å². The van der Waals surface area contributed by atoms with Crippen molar-refractivity contribution in [2.45, 2.75) is 18.1 Å². The van der Waals surface area contributed by atoms with E-state index in [0.29, 0.717) is 18.5 Å². The molecule has 1 aromatic carbocycles. The van der Waals surface area contributed by atoms with Crippen molar-refractivity contribution in [2.24, 2.45) is 0 Å². The van der Waals surface area contributed by atoms with Crippen LogP contribution in [-0.4, -0.2) is 21.9 Å². The van der Waals surface area contributed by atoms with Crippen molar-refractivity contribution < 1.29 is 14.1 Å². The number of hydrogen-bond donors (Lipinski definition) is 1. The third kappa shape index (κ3) is 3.91. The Labute approximate surface area is 106 Å². The first-order chi connectivity index (χ1) is 8.12. The van der Waals surface area contributed by atoms with E-state index in [9.17, 15) is 9.35 Å². The van der Waals surface area contributed by atoms with Gasteiger partial charge in [-0.15, -0.1) is 0 Å². The highest BCUT2D eigenvalue weighted by molar-refractivity contribution is 7.95. The summed E-state index contributed by atoms with van der Waals surface area (Å²) in [5.41, 5.74) is 0.979. The van der Waals surface area contributed by atoms with Gasteiger partial charge in [-0.3, -0.25) is 4.79 Å². The molecule has 0 saturated heterocycles. The van der Waals surface area contributed by atoms with Crippen LogP contribution in [0.5, 0.6) is 0 Å². The summed E-state index contributed by atoms with van der Waals surface area (Å²) in [4.78, 5) is 11.8. The molecule has 4 heteroatoms. The second-order valence-corrected chi connectivity index (χ2v) is 4.96. The maximum atomic E-state index is 11.8. The van der Waals surface area contributed by atoms with Gasteiger partial charge in [0, 0.05) is 12.0 Å². The first-order valence-electron chi connectivity index (χ1n) is 5.27. The fourth-order valence-electron chi connectivity index (χ4n) is 1.41. The average Bonchev–Trinajstić information content (AvgIpc) is 2.36. The minimum absolute atomic E-state index is 0.157. The Bertz CT molecular complexity index is 378. The summed E-state index contributed by atoms with van der Waals surface area (Å²) in [6.07, 6.45) is 1.92. The van der Waals surface area contributed by atoms with E-state index in [1.165, 1.54) is 6.08 Å². The summed E-state index contributed by atoms with van der Waals surface area (Å²) >= 11 is 0.517. The van der Waals surface area contributed by atoms with Crippen LogP contribution < -0.4 is 0 Å². The van der Waals surface area contributed by atoms with E-state index >= 15 is 0 Å². The summed E-state index contributed by atoms with van der Waals surface area (Å²) < 4.78 is 13.3. The first-order valence-corrected chi connectivity index (χ1v) is 6.04. The predicted octanol–water partition coefficient (Wildman–Crippen LogP) is 2.92. The average molecular weight is 252 g/mol. The Hall–Kier alpha value is -1.26. The summed E-state index contributed by atoms with van der Waals surface area (Å²) in [5.74, 6) is -0.436. The van der Waals surface area contributed by atoms with Crippen LogP contribution in [-0.2, 0) is 16.0 Å². The number of carbonyl (C=O) groups excluding carboxylic acids is 1. The van der Waals surface area contributed by atoms with Gasteiger partial charge in [-0.2, -0.15) is 0 Å². The molecule has 1 aromatic rings. The van der Waals surface area contributed by atoms with Crippen LogP contribution in [0.2, 0.25) is 0 Å². The Morgan fingerprint density at radius 1 is 1.53 bits per heavy atom. The van der Waals surface area contributed by atoms with Gasteiger partial charge in [-0.25, -0.2) is 0 Å². The Morgan fingerprint density at radius 3 is 2.71 bits per heavy atom. The molecule has 0 aliphatic carbocycles. The predicted molar refractivity (Wildman–Crippen MR) is 69.9 cm³/mol. The summed E-state index contributed by atoms with van der Waals surface area (Å²) in [6.45, 7) is 5.30. The Morgan fingerprint density at radius 2 is 2.18 bits per heavy atom. The molecule has 1 atom stereocenters. The molecular weight excluding hydrogens is 236 g/mol. The van der Waals surface area contributed by atoms with E-state index < -0.39 is 10.7 Å². The third-order valence-corrected chi connectivity index (χ3v) is 3.06. The van der Waals surface area contributed by atoms with Crippen molar-refractivity contribution in [3.05, 3.63) is 48.6 Å². The molecule has 0 radical (unpaired) electrons. The highest BCUT2D eigenvalue weighted by atomic mass is 32.2. The maximum Gasteiger partial charge on any atom is 0.324 e. The van der Waals surface area contributed by atoms with Gasteiger partial charge in [0.2, 0.25) is 0 Å². The van der Waals surface area contributed by atoms with Crippen molar-refractivity contribution >= 4 is 18.0 Å². The third-order valence-electron chi connectivity index (χ3n) is 2.35. The van der Waals surface area contributed by atoms with Gasteiger partial charge in [0.1, 0.15) is 11.4 Å². The molecule has 17 heavy (non-hydrogen) atoms. The molecular formula is C13H16O3S. The lowest BCUT2D eigenvalue weighted by molar-refractivity contribution is -0.144. The number of esters is 1. The second-order valence-electron chi connectivity index (χ2n) is 3.87. The zero-order valence-electron chi connectivity index (χ0n) is 9.76. The standard InChI is InChI=1S/C13H16O3S/c1-3-9-16-12(14)13(2,17-15)10-11-7-5-4-6-8-11/h3-8,15H,1,9-10H2,2H3. The van der Waals surface area contributed by atoms with E-state index in [-0.39, 0.29) is 6.61 Å². The van der Waals surface area contributed by atoms with E-state index in [0.717, 1.165) is 5.56 Å². The molecule has 1 unspecified atom stereocenters. The van der Waals surface area contributed by atoms with Crippen LogP contribution in [0.1, 0.15) is 12.5 Å². The molecule has 0 amide bonds. The molecule has 0 aliphatic rings. The minimum Gasteiger partial charge on any atom is -0.460 e. The van der Waals surface area contributed by atoms with Crippen LogP contribution in [0.3, 0.4) is 0 Å². The molecule has 1 N–H and O–H groups in total. The molecule has 0 saturated carbocycles. The number of rotatable bonds is 6. The van der Waals surface area contributed by atoms with Gasteiger partial charge in [-0.05, 0) is 18.9 Å². The normalized spacial score (nSPS) is 13.8. The molecule has 3 nitrogen and oxygen atoms in total. The van der Waals surface area contributed by atoms with Crippen molar-refractivity contribution in [2.75, 3.05) is 6.61 Å². The molecule has 1 rings (SSSR count). The fraction of sp³-hybridized carbons (Fsp3) is 0.308. The van der Waals surface area contributed by atoms with Gasteiger partial charge in [0.15, 0.2) is 0 Å². The van der Waals surface area contributed by atoms with E-state index in [4.69, 9.17) is 4.74 Å². The second kappa shape index (κ2) is 6.47. The number of carbonyl (C=O) groups is 1. The Balaban J connectivity index is 2.74. The lowest BCUT2D eigenvalue weighted by atomic mass is 10.0. The zero-order valence-corrected chi connectivity index (χ0v) is 10.6. The molecule has 0 fully saturated rings. The molecule has 0 bridgehead atoms. The summed E-state index contributed by atoms with van der Waals surface area (Å²) in [7, 11) is 0. The Kier molecular flexibility index (Phi) is 5.25.